The number of benzene rings is 1. The molecule has 4 rings (SSSR count). The van der Waals surface area contributed by atoms with E-state index in [4.69, 9.17) is 40.2 Å². The highest BCUT2D eigenvalue weighted by Gasteiger charge is 2.54. The highest BCUT2D eigenvalue weighted by Crippen LogP contribution is 2.40. The molecule has 0 bridgehead atoms. The molecule has 0 aromatic heterocycles. The predicted molar refractivity (Wildman–Crippen MR) is 134 cm³/mol. The highest BCUT2D eigenvalue weighted by molar-refractivity contribution is 8.00. The van der Waals surface area contributed by atoms with Crippen LogP contribution in [-0.2, 0) is 20.7 Å². The van der Waals surface area contributed by atoms with E-state index in [1.807, 2.05) is 0 Å². The second-order valence-corrected chi connectivity index (χ2v) is 10.7. The summed E-state index contributed by atoms with van der Waals surface area (Å²) in [7, 11) is 0. The average Bonchev–Trinajstić information content (AvgIpc) is 2.80. The third-order valence-electron chi connectivity index (χ3n) is 5.92. The fourth-order valence-corrected chi connectivity index (χ4v) is 6.22. The summed E-state index contributed by atoms with van der Waals surface area (Å²) in [4.78, 5) is 38.8. The zero-order valence-electron chi connectivity index (χ0n) is 18.0. The van der Waals surface area contributed by atoms with Gasteiger partial charge >= 0.3 is 12.1 Å². The van der Waals surface area contributed by atoms with Crippen molar-refractivity contribution < 1.29 is 24.2 Å². The van der Waals surface area contributed by atoms with E-state index in [2.05, 4.69) is 10.6 Å². The number of β-lactam (4-membered cyclic amide) rings is 1. The minimum absolute atomic E-state index is 0.148. The number of thioether (sulfide) groups is 1. The van der Waals surface area contributed by atoms with Crippen molar-refractivity contribution in [3.8, 4) is 0 Å². The molecule has 0 spiro atoms. The molecule has 3 aliphatic rings. The molecule has 2 fully saturated rings. The van der Waals surface area contributed by atoms with Crippen LogP contribution in [0.5, 0.6) is 0 Å². The van der Waals surface area contributed by atoms with E-state index in [1.54, 1.807) is 18.2 Å². The summed E-state index contributed by atoms with van der Waals surface area (Å²) in [5.74, 6) is -1.52. The first-order valence-electron chi connectivity index (χ1n) is 10.9. The van der Waals surface area contributed by atoms with E-state index in [-0.39, 0.29) is 29.7 Å². The van der Waals surface area contributed by atoms with Crippen LogP contribution in [0.1, 0.15) is 37.7 Å². The molecule has 8 nitrogen and oxygen atoms in total. The smallest absolute Gasteiger partial charge is 0.411 e. The van der Waals surface area contributed by atoms with Gasteiger partial charge in [0, 0.05) is 22.2 Å². The summed E-state index contributed by atoms with van der Waals surface area (Å²) in [6, 6.07) is 4.37. The van der Waals surface area contributed by atoms with Crippen LogP contribution in [0.3, 0.4) is 0 Å². The molecule has 2 atom stereocenters. The SMILES string of the molecule is O=C(NC1=C(C(=O)O)N2C(=O)C(NC(=S)Cc3cc(Cl)ccc3Cl)[C@H]2SC1)OC1CCCCC1. The van der Waals surface area contributed by atoms with E-state index in [9.17, 15) is 19.5 Å². The Morgan fingerprint density at radius 2 is 1.97 bits per heavy atom. The van der Waals surface area contributed by atoms with E-state index < -0.39 is 29.4 Å². The third kappa shape index (κ3) is 5.45. The summed E-state index contributed by atoms with van der Waals surface area (Å²) < 4.78 is 5.44. The van der Waals surface area contributed by atoms with Gasteiger partial charge in [0.25, 0.3) is 5.91 Å². The normalized spacial score (nSPS) is 22.5. The van der Waals surface area contributed by atoms with E-state index >= 15 is 0 Å². The number of carbonyl (C=O) groups excluding carboxylic acids is 2. The lowest BCUT2D eigenvalue weighted by Gasteiger charge is -2.49. The maximum Gasteiger partial charge on any atom is 0.411 e. The summed E-state index contributed by atoms with van der Waals surface area (Å²) >= 11 is 19.0. The molecule has 34 heavy (non-hydrogen) atoms. The topological polar surface area (TPSA) is 108 Å². The number of aliphatic carboxylic acids is 1. The van der Waals surface area contributed by atoms with Gasteiger partial charge in [0.2, 0.25) is 0 Å². The molecule has 1 aromatic rings. The monoisotopic (exact) mass is 543 g/mol. The molecule has 1 aromatic carbocycles. The Morgan fingerprint density at radius 1 is 1.24 bits per heavy atom. The number of carboxylic acids is 1. The van der Waals surface area contributed by atoms with Crippen LogP contribution >= 0.6 is 47.2 Å². The number of nitrogens with zero attached hydrogens (tertiary/aromatic N) is 1. The number of carbonyl (C=O) groups is 3. The number of thiocarbonyl (C=S) groups is 1. The number of alkyl carbamates (subject to hydrolysis) is 1. The van der Waals surface area contributed by atoms with Crippen LogP contribution in [0, 0.1) is 0 Å². The quantitative estimate of drug-likeness (QED) is 0.363. The first kappa shape index (κ1) is 25.1. The van der Waals surface area contributed by atoms with Gasteiger partial charge in [-0.25, -0.2) is 9.59 Å². The summed E-state index contributed by atoms with van der Waals surface area (Å²) in [5, 5.41) is 15.9. The van der Waals surface area contributed by atoms with E-state index in [1.165, 1.54) is 16.7 Å². The second-order valence-electron chi connectivity index (χ2n) is 8.29. The highest BCUT2D eigenvalue weighted by atomic mass is 35.5. The molecule has 2 amide bonds. The first-order valence-corrected chi connectivity index (χ1v) is 13.1. The molecule has 1 unspecified atom stereocenters. The Hall–Kier alpha value is -2.01. The van der Waals surface area contributed by atoms with Crippen LogP contribution in [0.2, 0.25) is 10.0 Å². The molecule has 182 valence electrons. The number of carboxylic acid groups (broad SMARTS) is 1. The van der Waals surface area contributed by atoms with Crippen molar-refractivity contribution in [3.05, 3.63) is 45.2 Å². The van der Waals surface area contributed by atoms with Gasteiger partial charge in [0.1, 0.15) is 17.5 Å². The summed E-state index contributed by atoms with van der Waals surface area (Å²) in [5.41, 5.74) is 0.631. The number of ether oxygens (including phenoxy) is 1. The van der Waals surface area contributed by atoms with Crippen molar-refractivity contribution >= 4 is 70.1 Å². The van der Waals surface area contributed by atoms with Crippen molar-refractivity contribution in [1.82, 2.24) is 15.5 Å². The van der Waals surface area contributed by atoms with Crippen LogP contribution < -0.4 is 10.6 Å². The predicted octanol–water partition coefficient (Wildman–Crippen LogP) is 4.09. The number of amides is 2. The van der Waals surface area contributed by atoms with Gasteiger partial charge in [-0.05, 0) is 49.4 Å². The Bertz CT molecular complexity index is 1060. The molecule has 12 heteroatoms. The Labute approximate surface area is 216 Å². The Morgan fingerprint density at radius 3 is 2.68 bits per heavy atom. The maximum atomic E-state index is 12.9. The van der Waals surface area contributed by atoms with Crippen LogP contribution in [-0.4, -0.2) is 56.2 Å². The second kappa shape index (κ2) is 10.7. The molecule has 2 heterocycles. The third-order valence-corrected chi connectivity index (χ3v) is 8.07. The number of nitrogens with one attached hydrogen (secondary N) is 2. The van der Waals surface area contributed by atoms with E-state index in [0.29, 0.717) is 15.0 Å². The van der Waals surface area contributed by atoms with Gasteiger partial charge in [-0.1, -0.05) is 41.8 Å². The zero-order chi connectivity index (χ0) is 24.4. The number of halogens is 2. The van der Waals surface area contributed by atoms with Gasteiger partial charge < -0.3 is 15.2 Å². The van der Waals surface area contributed by atoms with Gasteiger partial charge in [0.15, 0.2) is 5.70 Å². The molecule has 1 saturated carbocycles. The molecule has 3 N–H and O–H groups in total. The summed E-state index contributed by atoms with van der Waals surface area (Å²) in [6.07, 6.45) is 4.15. The molecular weight excluding hydrogens is 521 g/mol. The van der Waals surface area contributed by atoms with Crippen LogP contribution in [0.15, 0.2) is 29.6 Å². The Balaban J connectivity index is 1.40. The Kier molecular flexibility index (Phi) is 7.91. The fourth-order valence-electron chi connectivity index (χ4n) is 4.28. The largest absolute Gasteiger partial charge is 0.477 e. The minimum Gasteiger partial charge on any atom is -0.477 e. The lowest BCUT2D eigenvalue weighted by atomic mass is 9.98. The van der Waals surface area contributed by atoms with Crippen LogP contribution in [0.4, 0.5) is 4.79 Å². The van der Waals surface area contributed by atoms with Crippen molar-refractivity contribution in [1.29, 1.82) is 0 Å². The van der Waals surface area contributed by atoms with Gasteiger partial charge in [-0.3, -0.25) is 15.0 Å². The summed E-state index contributed by atoms with van der Waals surface area (Å²) in [6.45, 7) is 0. The van der Waals surface area contributed by atoms with Crippen molar-refractivity contribution in [2.75, 3.05) is 5.75 Å². The molecular formula is C22H23Cl2N3O5S2. The number of hydrogen-bond acceptors (Lipinski definition) is 6. The number of fused-ring (bicyclic) bond motifs is 1. The number of rotatable bonds is 6. The molecule has 0 radical (unpaired) electrons. The maximum absolute atomic E-state index is 12.9. The zero-order valence-corrected chi connectivity index (χ0v) is 21.2. The molecule has 1 aliphatic carbocycles. The molecule has 1 saturated heterocycles. The van der Waals surface area contributed by atoms with Crippen molar-refractivity contribution in [2.45, 2.75) is 56.0 Å². The van der Waals surface area contributed by atoms with Gasteiger partial charge in [-0.15, -0.1) is 11.8 Å². The lowest BCUT2D eigenvalue weighted by Crippen LogP contribution is -2.70. The van der Waals surface area contributed by atoms with Crippen molar-refractivity contribution in [3.63, 3.8) is 0 Å². The molecule has 2 aliphatic heterocycles. The minimum atomic E-state index is -1.29. The first-order chi connectivity index (χ1) is 16.2. The van der Waals surface area contributed by atoms with Crippen molar-refractivity contribution in [2.24, 2.45) is 0 Å². The fraction of sp³-hybridized carbons (Fsp3) is 0.455. The van der Waals surface area contributed by atoms with Gasteiger partial charge in [0.05, 0.1) is 10.7 Å². The average molecular weight is 544 g/mol. The van der Waals surface area contributed by atoms with E-state index in [0.717, 1.165) is 37.7 Å². The lowest BCUT2D eigenvalue weighted by molar-refractivity contribution is -0.148. The van der Waals surface area contributed by atoms with Gasteiger partial charge in [-0.2, -0.15) is 0 Å². The number of hydrogen-bond donors (Lipinski definition) is 3. The standard InChI is InChI=1S/C22H23Cl2N3O5S2/c23-12-6-7-14(24)11(8-12)9-16(33)26-17-19(28)27-18(21(29)30)15(10-34-20(17)27)25-22(31)32-13-4-2-1-3-5-13/h6-8,13,17,20H,1-5,9-10H2,(H,25,31)(H,26,33)(H,29,30)/t17?,20-/m1/s1. The van der Waals surface area contributed by atoms with Crippen LogP contribution in [0.25, 0.3) is 0 Å².